The van der Waals surface area contributed by atoms with Gasteiger partial charge in [-0.05, 0) is 13.0 Å². The lowest BCUT2D eigenvalue weighted by molar-refractivity contribution is 0.0812. The Morgan fingerprint density at radius 2 is 2.25 bits per heavy atom. The molecular weight excluding hydrogens is 152 g/mol. The minimum absolute atomic E-state index is 0.0358. The largest absolute Gasteiger partial charge is 0.336 e. The summed E-state index contributed by atoms with van der Waals surface area (Å²) >= 11 is 0. The minimum Gasteiger partial charge on any atom is -0.336 e. The Morgan fingerprint density at radius 1 is 1.50 bits per heavy atom. The van der Waals surface area contributed by atoms with E-state index in [4.69, 9.17) is 0 Å². The molecule has 3 heteroatoms. The number of hydrogen-bond donors (Lipinski definition) is 0. The van der Waals surface area contributed by atoms with Gasteiger partial charge in [-0.15, -0.1) is 0 Å². The van der Waals surface area contributed by atoms with Gasteiger partial charge in [0.25, 0.3) is 5.91 Å². The first-order valence-electron chi connectivity index (χ1n) is 3.90. The van der Waals surface area contributed by atoms with E-state index in [1.54, 1.807) is 11.9 Å². The van der Waals surface area contributed by atoms with E-state index in [0.717, 1.165) is 11.3 Å². The van der Waals surface area contributed by atoms with Crippen LogP contribution in [0.15, 0.2) is 12.1 Å². The monoisotopic (exact) mass is 162 g/mol. The number of aromatic nitrogens is 1. The van der Waals surface area contributed by atoms with Gasteiger partial charge in [-0.25, -0.2) is 4.98 Å². The molecule has 1 aliphatic rings. The molecule has 62 valence electrons. The average Bonchev–Trinajstić information content (AvgIpc) is 2.31. The second-order valence-electron chi connectivity index (χ2n) is 3.12. The van der Waals surface area contributed by atoms with Crippen LogP contribution in [0.4, 0.5) is 0 Å². The van der Waals surface area contributed by atoms with Gasteiger partial charge in [0.1, 0.15) is 5.69 Å². The summed E-state index contributed by atoms with van der Waals surface area (Å²) in [5.74, 6) is 0.0358. The maximum atomic E-state index is 11.4. The van der Waals surface area contributed by atoms with Gasteiger partial charge >= 0.3 is 0 Å². The molecule has 0 atom stereocenters. The molecule has 0 aliphatic carbocycles. The Kier molecular flexibility index (Phi) is 1.40. The highest BCUT2D eigenvalue weighted by Gasteiger charge is 2.25. The zero-order chi connectivity index (χ0) is 8.72. The van der Waals surface area contributed by atoms with Crippen LogP contribution in [0.1, 0.15) is 21.7 Å². The molecule has 1 aromatic heterocycles. The molecule has 1 aromatic rings. The van der Waals surface area contributed by atoms with Crippen LogP contribution < -0.4 is 0 Å². The Morgan fingerprint density at radius 3 is 3.00 bits per heavy atom. The first-order chi connectivity index (χ1) is 5.68. The molecule has 12 heavy (non-hydrogen) atoms. The van der Waals surface area contributed by atoms with Crippen molar-refractivity contribution in [2.75, 3.05) is 7.05 Å². The van der Waals surface area contributed by atoms with E-state index in [9.17, 15) is 4.79 Å². The molecule has 0 bridgehead atoms. The summed E-state index contributed by atoms with van der Waals surface area (Å²) in [6, 6.07) is 3.91. The molecule has 0 spiro atoms. The maximum Gasteiger partial charge on any atom is 0.272 e. The third-order valence-corrected chi connectivity index (χ3v) is 2.07. The van der Waals surface area contributed by atoms with Gasteiger partial charge in [0, 0.05) is 24.8 Å². The van der Waals surface area contributed by atoms with E-state index >= 15 is 0 Å². The lowest BCUT2D eigenvalue weighted by Gasteiger charge is -2.03. The highest BCUT2D eigenvalue weighted by molar-refractivity contribution is 5.96. The Balaban J connectivity index is 2.56. The van der Waals surface area contributed by atoms with Crippen molar-refractivity contribution in [1.82, 2.24) is 9.88 Å². The van der Waals surface area contributed by atoms with Crippen molar-refractivity contribution in [1.29, 1.82) is 0 Å². The summed E-state index contributed by atoms with van der Waals surface area (Å²) in [5.41, 5.74) is 2.56. The molecular formula is C9H10N2O. The summed E-state index contributed by atoms with van der Waals surface area (Å²) in [6.45, 7) is 2.59. The number of fused-ring (bicyclic) bond motifs is 1. The zero-order valence-electron chi connectivity index (χ0n) is 7.16. The number of amides is 1. The third-order valence-electron chi connectivity index (χ3n) is 2.07. The van der Waals surface area contributed by atoms with E-state index < -0.39 is 0 Å². The van der Waals surface area contributed by atoms with Gasteiger partial charge in [0.2, 0.25) is 0 Å². The summed E-state index contributed by atoms with van der Waals surface area (Å²) in [5, 5.41) is 0. The molecule has 1 amide bonds. The van der Waals surface area contributed by atoms with Gasteiger partial charge in [0.15, 0.2) is 0 Å². The normalized spacial score (nSPS) is 15.2. The van der Waals surface area contributed by atoms with Crippen molar-refractivity contribution >= 4 is 5.91 Å². The smallest absolute Gasteiger partial charge is 0.272 e. The van der Waals surface area contributed by atoms with Crippen molar-refractivity contribution in [3.8, 4) is 0 Å². The first-order valence-corrected chi connectivity index (χ1v) is 3.90. The SMILES string of the molecule is Cc1ccc2c(n1)C(=O)N(C)C2. The van der Waals surface area contributed by atoms with Crippen molar-refractivity contribution in [2.45, 2.75) is 13.5 Å². The molecule has 3 nitrogen and oxygen atoms in total. The topological polar surface area (TPSA) is 33.2 Å². The molecule has 1 aliphatic heterocycles. The van der Waals surface area contributed by atoms with Crippen LogP contribution in [-0.2, 0) is 6.54 Å². The van der Waals surface area contributed by atoms with Crippen molar-refractivity contribution < 1.29 is 4.79 Å². The second-order valence-corrected chi connectivity index (χ2v) is 3.12. The van der Waals surface area contributed by atoms with E-state index in [1.165, 1.54) is 0 Å². The summed E-state index contributed by atoms with van der Waals surface area (Å²) in [7, 11) is 1.79. The van der Waals surface area contributed by atoms with E-state index in [1.807, 2.05) is 19.1 Å². The number of rotatable bonds is 0. The Hall–Kier alpha value is -1.38. The maximum absolute atomic E-state index is 11.4. The van der Waals surface area contributed by atoms with E-state index in [-0.39, 0.29) is 5.91 Å². The fourth-order valence-corrected chi connectivity index (χ4v) is 1.41. The molecule has 0 radical (unpaired) electrons. The average molecular weight is 162 g/mol. The summed E-state index contributed by atoms with van der Waals surface area (Å²) in [4.78, 5) is 17.3. The fourth-order valence-electron chi connectivity index (χ4n) is 1.41. The Labute approximate surface area is 71.0 Å². The van der Waals surface area contributed by atoms with Gasteiger partial charge in [-0.2, -0.15) is 0 Å². The number of aryl methyl sites for hydroxylation is 1. The van der Waals surface area contributed by atoms with Crippen LogP contribution >= 0.6 is 0 Å². The fraction of sp³-hybridized carbons (Fsp3) is 0.333. The molecule has 0 fully saturated rings. The van der Waals surface area contributed by atoms with Crippen LogP contribution in [0.25, 0.3) is 0 Å². The van der Waals surface area contributed by atoms with Crippen LogP contribution in [0, 0.1) is 6.92 Å². The number of pyridine rings is 1. The quantitative estimate of drug-likeness (QED) is 0.569. The predicted octanol–water partition coefficient (Wildman–Crippen LogP) is 0.976. The summed E-state index contributed by atoms with van der Waals surface area (Å²) in [6.07, 6.45) is 0. The van der Waals surface area contributed by atoms with Crippen LogP contribution in [0.3, 0.4) is 0 Å². The van der Waals surface area contributed by atoms with Crippen molar-refractivity contribution in [3.63, 3.8) is 0 Å². The molecule has 0 aromatic carbocycles. The van der Waals surface area contributed by atoms with E-state index in [2.05, 4.69) is 4.98 Å². The highest BCUT2D eigenvalue weighted by Crippen LogP contribution is 2.18. The Bertz CT molecular complexity index is 346. The lowest BCUT2D eigenvalue weighted by atomic mass is 10.2. The highest BCUT2D eigenvalue weighted by atomic mass is 16.2. The van der Waals surface area contributed by atoms with Gasteiger partial charge in [0.05, 0.1) is 0 Å². The standard InChI is InChI=1S/C9H10N2O/c1-6-3-4-7-5-11(2)9(12)8(7)10-6/h3-4H,5H2,1-2H3. The summed E-state index contributed by atoms with van der Waals surface area (Å²) < 4.78 is 0. The molecule has 0 saturated heterocycles. The number of carbonyl (C=O) groups is 1. The van der Waals surface area contributed by atoms with Gasteiger partial charge in [-0.3, -0.25) is 4.79 Å². The van der Waals surface area contributed by atoms with Crippen LogP contribution in [-0.4, -0.2) is 22.8 Å². The van der Waals surface area contributed by atoms with Gasteiger partial charge in [-0.1, -0.05) is 6.07 Å². The van der Waals surface area contributed by atoms with E-state index in [0.29, 0.717) is 12.2 Å². The molecule has 0 saturated carbocycles. The predicted molar refractivity (Wildman–Crippen MR) is 44.8 cm³/mol. The van der Waals surface area contributed by atoms with Crippen LogP contribution in [0.5, 0.6) is 0 Å². The molecule has 2 rings (SSSR count). The molecule has 2 heterocycles. The number of nitrogens with zero attached hydrogens (tertiary/aromatic N) is 2. The minimum atomic E-state index is 0.0358. The number of carbonyl (C=O) groups excluding carboxylic acids is 1. The zero-order valence-corrected chi connectivity index (χ0v) is 7.16. The molecule has 0 unspecified atom stereocenters. The van der Waals surface area contributed by atoms with Crippen LogP contribution in [0.2, 0.25) is 0 Å². The third kappa shape index (κ3) is 0.897. The van der Waals surface area contributed by atoms with Gasteiger partial charge < -0.3 is 4.90 Å². The first kappa shape index (κ1) is 7.28. The van der Waals surface area contributed by atoms with Crippen molar-refractivity contribution in [3.05, 3.63) is 29.1 Å². The second kappa shape index (κ2) is 2.30. The lowest BCUT2D eigenvalue weighted by Crippen LogP contribution is -2.18. The number of hydrogen-bond acceptors (Lipinski definition) is 2. The molecule has 0 N–H and O–H groups in total. The van der Waals surface area contributed by atoms with Crippen molar-refractivity contribution in [2.24, 2.45) is 0 Å².